The highest BCUT2D eigenvalue weighted by atomic mass is 16.8. The van der Waals surface area contributed by atoms with Gasteiger partial charge in [-0.05, 0) is 61.0 Å². The molecule has 31 heavy (non-hydrogen) atoms. The quantitative estimate of drug-likeness (QED) is 0.581. The molecular weight excluding hydrogens is 398 g/mol. The molecule has 1 aliphatic rings. The van der Waals surface area contributed by atoms with Crippen molar-refractivity contribution in [1.82, 2.24) is 5.06 Å². The second kappa shape index (κ2) is 9.67. The van der Waals surface area contributed by atoms with Crippen LogP contribution in [0.5, 0.6) is 0 Å². The molecule has 0 bridgehead atoms. The number of rotatable bonds is 7. The van der Waals surface area contributed by atoms with Crippen molar-refractivity contribution in [3.8, 4) is 0 Å². The monoisotopic (exact) mass is 435 g/mol. The summed E-state index contributed by atoms with van der Waals surface area (Å²) < 4.78 is 17.1. The van der Waals surface area contributed by atoms with E-state index in [1.807, 2.05) is 44.2 Å². The summed E-state index contributed by atoms with van der Waals surface area (Å²) in [5.74, 6) is -1.03. The molecule has 2 rings (SSSR count). The molecule has 174 valence electrons. The van der Waals surface area contributed by atoms with Gasteiger partial charge < -0.3 is 14.2 Å². The summed E-state index contributed by atoms with van der Waals surface area (Å²) in [4.78, 5) is 32.6. The molecule has 1 aliphatic heterocycles. The van der Waals surface area contributed by atoms with E-state index in [0.717, 1.165) is 5.56 Å². The fraction of sp³-hybridized carbons (Fsp3) is 0.667. The summed E-state index contributed by atoms with van der Waals surface area (Å²) >= 11 is 0. The number of ether oxygens (including phenoxy) is 3. The summed E-state index contributed by atoms with van der Waals surface area (Å²) in [5.41, 5.74) is -1.86. The predicted octanol–water partition coefficient (Wildman–Crippen LogP) is 4.56. The third-order valence-corrected chi connectivity index (χ3v) is 4.78. The Balaban J connectivity index is 2.50. The molecule has 1 heterocycles. The average molecular weight is 436 g/mol. The molecule has 7 heteroatoms. The maximum Gasteiger partial charge on any atom is 0.330 e. The second-order valence-corrected chi connectivity index (χ2v) is 9.90. The number of hydroxylamine groups is 2. The van der Waals surface area contributed by atoms with Crippen molar-refractivity contribution in [3.05, 3.63) is 35.9 Å². The molecule has 1 saturated heterocycles. The van der Waals surface area contributed by atoms with E-state index in [1.54, 1.807) is 46.6 Å². The van der Waals surface area contributed by atoms with Gasteiger partial charge in [-0.2, -0.15) is 5.06 Å². The summed E-state index contributed by atoms with van der Waals surface area (Å²) in [5, 5.41) is 1.57. The maximum atomic E-state index is 13.6. The summed E-state index contributed by atoms with van der Waals surface area (Å²) in [6, 6.07) is 9.34. The number of hydrogen-bond acceptors (Lipinski definition) is 7. The molecule has 0 N–H and O–H groups in total. The van der Waals surface area contributed by atoms with Crippen molar-refractivity contribution in [1.29, 1.82) is 0 Å². The summed E-state index contributed by atoms with van der Waals surface area (Å²) in [6.07, 6.45) is -0.724. The van der Waals surface area contributed by atoms with Crippen molar-refractivity contribution in [2.45, 2.75) is 97.3 Å². The van der Waals surface area contributed by atoms with Gasteiger partial charge in [-0.3, -0.25) is 9.63 Å². The first-order valence-electron chi connectivity index (χ1n) is 10.9. The molecule has 1 aromatic rings. The van der Waals surface area contributed by atoms with E-state index in [2.05, 4.69) is 0 Å². The maximum absolute atomic E-state index is 13.6. The molecule has 0 saturated carbocycles. The van der Waals surface area contributed by atoms with Crippen molar-refractivity contribution in [2.75, 3.05) is 6.61 Å². The van der Waals surface area contributed by atoms with Crippen LogP contribution < -0.4 is 0 Å². The van der Waals surface area contributed by atoms with E-state index >= 15 is 0 Å². The molecule has 1 aromatic carbocycles. The molecule has 0 spiro atoms. The van der Waals surface area contributed by atoms with Crippen LogP contribution in [0.3, 0.4) is 0 Å². The zero-order valence-corrected chi connectivity index (χ0v) is 20.1. The smallest absolute Gasteiger partial charge is 0.330 e. The lowest BCUT2D eigenvalue weighted by Crippen LogP contribution is -2.55. The Kier molecular flexibility index (Phi) is 7.89. The minimum atomic E-state index is -1.38. The van der Waals surface area contributed by atoms with Gasteiger partial charge in [-0.1, -0.05) is 30.3 Å². The number of esters is 2. The van der Waals surface area contributed by atoms with Crippen LogP contribution in [0.1, 0.15) is 79.8 Å². The van der Waals surface area contributed by atoms with Gasteiger partial charge in [0.2, 0.25) is 0 Å². The normalized spacial score (nSPS) is 23.4. The summed E-state index contributed by atoms with van der Waals surface area (Å²) in [6.45, 7) is 15.0. The standard InChI is InChI=1S/C24H37NO6/c1-9-28-20-16-24(21(27)30-23(6,7)8,15-19(26)29-22(3,4)5)25(31-20)17(2)18-13-11-10-12-14-18/h10-14,17,20H,9,15-16H2,1-8H3/t17-,20?,24?/m0/s1. The van der Waals surface area contributed by atoms with E-state index in [9.17, 15) is 9.59 Å². The van der Waals surface area contributed by atoms with Crippen LogP contribution in [0, 0.1) is 0 Å². The van der Waals surface area contributed by atoms with Crippen LogP contribution in [0.25, 0.3) is 0 Å². The van der Waals surface area contributed by atoms with E-state index in [0.29, 0.717) is 6.61 Å². The van der Waals surface area contributed by atoms with Crippen molar-refractivity contribution >= 4 is 11.9 Å². The minimum absolute atomic E-state index is 0.159. The van der Waals surface area contributed by atoms with Gasteiger partial charge in [0.1, 0.15) is 11.2 Å². The zero-order chi connectivity index (χ0) is 23.4. The highest BCUT2D eigenvalue weighted by Crippen LogP contribution is 2.43. The highest BCUT2D eigenvalue weighted by Gasteiger charge is 2.58. The molecule has 0 aromatic heterocycles. The Hall–Kier alpha value is -1.96. The third kappa shape index (κ3) is 6.76. The highest BCUT2D eigenvalue weighted by molar-refractivity contribution is 5.87. The van der Waals surface area contributed by atoms with Crippen LogP contribution in [-0.4, -0.2) is 46.6 Å². The molecule has 0 aliphatic carbocycles. The molecule has 0 radical (unpaired) electrons. The Morgan fingerprint density at radius 2 is 1.68 bits per heavy atom. The fourth-order valence-electron chi connectivity index (χ4n) is 3.62. The molecule has 1 fully saturated rings. The number of nitrogens with zero attached hydrogens (tertiary/aromatic N) is 1. The lowest BCUT2D eigenvalue weighted by Gasteiger charge is -2.39. The van der Waals surface area contributed by atoms with Gasteiger partial charge >= 0.3 is 11.9 Å². The average Bonchev–Trinajstić information content (AvgIpc) is 2.98. The van der Waals surface area contributed by atoms with Crippen molar-refractivity contribution in [2.24, 2.45) is 0 Å². The Bertz CT molecular complexity index is 752. The molecule has 3 atom stereocenters. The zero-order valence-electron chi connectivity index (χ0n) is 20.1. The number of carbonyl (C=O) groups is 2. The van der Waals surface area contributed by atoms with Crippen LogP contribution in [-0.2, 0) is 28.6 Å². The first-order valence-corrected chi connectivity index (χ1v) is 10.9. The fourth-order valence-corrected chi connectivity index (χ4v) is 3.62. The van der Waals surface area contributed by atoms with Crippen LogP contribution in [0.2, 0.25) is 0 Å². The largest absolute Gasteiger partial charge is 0.460 e. The number of carbonyl (C=O) groups excluding carboxylic acids is 2. The molecule has 7 nitrogen and oxygen atoms in total. The van der Waals surface area contributed by atoms with Crippen LogP contribution in [0.15, 0.2) is 30.3 Å². The molecule has 0 amide bonds. The number of benzene rings is 1. The van der Waals surface area contributed by atoms with Gasteiger partial charge in [0, 0.05) is 13.0 Å². The van der Waals surface area contributed by atoms with E-state index in [-0.39, 0.29) is 18.9 Å². The second-order valence-electron chi connectivity index (χ2n) is 9.90. The Labute approximate surface area is 185 Å². The molecule has 2 unspecified atom stereocenters. The first-order chi connectivity index (χ1) is 14.3. The van der Waals surface area contributed by atoms with Gasteiger partial charge in [0.25, 0.3) is 0 Å². The van der Waals surface area contributed by atoms with Crippen molar-refractivity contribution in [3.63, 3.8) is 0 Å². The van der Waals surface area contributed by atoms with Gasteiger partial charge in [0.15, 0.2) is 11.8 Å². The van der Waals surface area contributed by atoms with Gasteiger partial charge in [-0.15, -0.1) is 0 Å². The van der Waals surface area contributed by atoms with Gasteiger partial charge in [-0.25, -0.2) is 4.79 Å². The number of hydrogen-bond donors (Lipinski definition) is 0. The van der Waals surface area contributed by atoms with Crippen molar-refractivity contribution < 1.29 is 28.6 Å². The topological polar surface area (TPSA) is 74.3 Å². The lowest BCUT2D eigenvalue weighted by atomic mass is 9.88. The summed E-state index contributed by atoms with van der Waals surface area (Å²) in [7, 11) is 0. The van der Waals surface area contributed by atoms with E-state index in [4.69, 9.17) is 19.0 Å². The third-order valence-electron chi connectivity index (χ3n) is 4.78. The van der Waals surface area contributed by atoms with Crippen LogP contribution in [0.4, 0.5) is 0 Å². The van der Waals surface area contributed by atoms with E-state index < -0.39 is 35.0 Å². The first kappa shape index (κ1) is 25.3. The van der Waals surface area contributed by atoms with Gasteiger partial charge in [0.05, 0.1) is 12.5 Å². The van der Waals surface area contributed by atoms with E-state index in [1.165, 1.54) is 0 Å². The predicted molar refractivity (Wildman–Crippen MR) is 117 cm³/mol. The lowest BCUT2D eigenvalue weighted by molar-refractivity contribution is -0.270. The minimum Gasteiger partial charge on any atom is -0.460 e. The SMILES string of the molecule is CCOC1CC(CC(=O)OC(C)(C)C)(C(=O)OC(C)(C)C)N([C@@H](C)c2ccccc2)O1. The Morgan fingerprint density at radius 3 is 2.19 bits per heavy atom. The molecular formula is C24H37NO6. The van der Waals surface area contributed by atoms with Crippen LogP contribution >= 0.6 is 0 Å². The Morgan fingerprint density at radius 1 is 1.10 bits per heavy atom.